The van der Waals surface area contributed by atoms with Crippen molar-refractivity contribution in [2.45, 2.75) is 25.9 Å². The first-order valence-corrected chi connectivity index (χ1v) is 12.5. The molecule has 176 valence electrons. The maximum atomic E-state index is 14.3. The van der Waals surface area contributed by atoms with Gasteiger partial charge >= 0.3 is 0 Å². The summed E-state index contributed by atoms with van der Waals surface area (Å²) in [5.74, 6) is 0.997. The Bertz CT molecular complexity index is 1350. The minimum atomic E-state index is -0.176. The van der Waals surface area contributed by atoms with Crippen molar-refractivity contribution >= 4 is 55.0 Å². The average Bonchev–Trinajstić information content (AvgIpc) is 3.53. The number of methoxy groups -OCH3 is 1. The van der Waals surface area contributed by atoms with Crippen molar-refractivity contribution in [3.63, 3.8) is 0 Å². The van der Waals surface area contributed by atoms with Crippen LogP contribution in [0.4, 0.5) is 5.13 Å². The molecule has 0 bridgehead atoms. The summed E-state index contributed by atoms with van der Waals surface area (Å²) in [5, 5.41) is 2.94. The van der Waals surface area contributed by atoms with Crippen molar-refractivity contribution in [3.8, 4) is 11.5 Å². The fourth-order valence-electron chi connectivity index (χ4n) is 4.34. The van der Waals surface area contributed by atoms with Crippen LogP contribution in [0.1, 0.15) is 30.1 Å². The van der Waals surface area contributed by atoms with E-state index < -0.39 is 0 Å². The predicted octanol–water partition coefficient (Wildman–Crippen LogP) is 6.34. The van der Waals surface area contributed by atoms with Crippen LogP contribution < -0.4 is 14.4 Å². The van der Waals surface area contributed by atoms with Gasteiger partial charge in [-0.3, -0.25) is 9.69 Å². The second-order valence-corrected chi connectivity index (χ2v) is 9.45. The molecule has 1 aromatic heterocycles. The summed E-state index contributed by atoms with van der Waals surface area (Å²) >= 11 is 7.86. The molecule has 8 heteroatoms. The highest BCUT2D eigenvalue weighted by atomic mass is 35.5. The minimum absolute atomic E-state index is 0.0566. The lowest BCUT2D eigenvalue weighted by Gasteiger charge is -2.24. The largest absolute Gasteiger partial charge is 0.494 e. The van der Waals surface area contributed by atoms with Crippen LogP contribution >= 0.6 is 22.9 Å². The fraction of sp³-hybridized carbons (Fsp3) is 0.308. The van der Waals surface area contributed by atoms with Crippen molar-refractivity contribution in [1.29, 1.82) is 0 Å². The zero-order chi connectivity index (χ0) is 23.7. The zero-order valence-corrected chi connectivity index (χ0v) is 20.6. The van der Waals surface area contributed by atoms with Gasteiger partial charge in [0.1, 0.15) is 17.0 Å². The van der Waals surface area contributed by atoms with Crippen LogP contribution in [0.5, 0.6) is 11.5 Å². The second-order valence-electron chi connectivity index (χ2n) is 8.07. The molecule has 1 fully saturated rings. The van der Waals surface area contributed by atoms with Gasteiger partial charge in [-0.05, 0) is 48.7 Å². The van der Waals surface area contributed by atoms with Gasteiger partial charge in [0.2, 0.25) is 0 Å². The number of thiazole rings is 1. The Kier molecular flexibility index (Phi) is 6.59. The average molecular weight is 497 g/mol. The van der Waals surface area contributed by atoms with Crippen molar-refractivity contribution < 1.29 is 19.0 Å². The molecule has 0 saturated carbocycles. The van der Waals surface area contributed by atoms with E-state index in [9.17, 15) is 4.79 Å². The Hall–Kier alpha value is -2.87. The van der Waals surface area contributed by atoms with Crippen LogP contribution in [0.25, 0.3) is 21.0 Å². The molecule has 0 aliphatic carbocycles. The number of carbonyl (C=O) groups excluding carboxylic acids is 1. The topological polar surface area (TPSA) is 60.9 Å². The van der Waals surface area contributed by atoms with E-state index in [2.05, 4.69) is 0 Å². The summed E-state index contributed by atoms with van der Waals surface area (Å²) in [6.07, 6.45) is 1.82. The highest BCUT2D eigenvalue weighted by Crippen LogP contribution is 2.40. The van der Waals surface area contributed by atoms with Gasteiger partial charge in [-0.25, -0.2) is 4.98 Å². The molecular formula is C26H25ClN2O4S. The number of carbonyl (C=O) groups is 1. The number of ether oxygens (including phenoxy) is 3. The van der Waals surface area contributed by atoms with Crippen LogP contribution in [0.15, 0.2) is 48.5 Å². The number of amides is 1. The summed E-state index contributed by atoms with van der Waals surface area (Å²) in [7, 11) is 1.60. The van der Waals surface area contributed by atoms with E-state index in [4.69, 9.17) is 30.8 Å². The minimum Gasteiger partial charge on any atom is -0.494 e. The van der Waals surface area contributed by atoms with E-state index in [0.717, 1.165) is 28.3 Å². The summed E-state index contributed by atoms with van der Waals surface area (Å²) < 4.78 is 18.1. The summed E-state index contributed by atoms with van der Waals surface area (Å²) in [5.41, 5.74) is 1.17. The normalized spacial score (nSPS) is 15.7. The molecule has 3 aromatic carbocycles. The van der Waals surface area contributed by atoms with Gasteiger partial charge in [0.15, 0.2) is 5.13 Å². The monoisotopic (exact) mass is 496 g/mol. The first-order valence-electron chi connectivity index (χ1n) is 11.3. The fourth-order valence-corrected chi connectivity index (χ4v) is 5.61. The van der Waals surface area contributed by atoms with Crippen molar-refractivity contribution in [2.75, 3.05) is 31.8 Å². The Labute approximate surface area is 207 Å². The Morgan fingerprint density at radius 1 is 1.21 bits per heavy atom. The Morgan fingerprint density at radius 3 is 2.79 bits per heavy atom. The van der Waals surface area contributed by atoms with Crippen LogP contribution in [0.2, 0.25) is 5.02 Å². The van der Waals surface area contributed by atoms with Gasteiger partial charge in [0.05, 0.1) is 41.7 Å². The lowest BCUT2D eigenvalue weighted by atomic mass is 10.0. The van der Waals surface area contributed by atoms with Crippen molar-refractivity contribution in [2.24, 2.45) is 0 Å². The van der Waals surface area contributed by atoms with E-state index in [1.807, 2.05) is 43.3 Å². The van der Waals surface area contributed by atoms with E-state index >= 15 is 0 Å². The molecule has 1 atom stereocenters. The SMILES string of the molecule is CCOc1ccc2ccccc2c1C(=O)N(CC1CCCO1)c1nc2c(OC)ccc(Cl)c2s1. The van der Waals surface area contributed by atoms with Gasteiger partial charge in [-0.2, -0.15) is 0 Å². The smallest absolute Gasteiger partial charge is 0.264 e. The summed E-state index contributed by atoms with van der Waals surface area (Å²) in [4.78, 5) is 20.8. The molecule has 1 unspecified atom stereocenters. The van der Waals surface area contributed by atoms with E-state index in [1.54, 1.807) is 24.1 Å². The molecule has 1 amide bonds. The molecular weight excluding hydrogens is 472 g/mol. The molecule has 1 saturated heterocycles. The number of fused-ring (bicyclic) bond motifs is 2. The molecule has 1 aliphatic rings. The van der Waals surface area contributed by atoms with Gasteiger partial charge in [0, 0.05) is 6.61 Å². The number of anilines is 1. The number of halogens is 1. The number of aromatic nitrogens is 1. The van der Waals surface area contributed by atoms with Crippen molar-refractivity contribution in [3.05, 3.63) is 59.1 Å². The molecule has 0 radical (unpaired) electrons. The van der Waals surface area contributed by atoms with Crippen LogP contribution in [-0.4, -0.2) is 43.9 Å². The Balaban J connectivity index is 1.67. The van der Waals surface area contributed by atoms with Gasteiger partial charge in [-0.1, -0.05) is 53.3 Å². The van der Waals surface area contributed by atoms with Crippen LogP contribution in [-0.2, 0) is 4.74 Å². The number of hydrogen-bond donors (Lipinski definition) is 0. The maximum absolute atomic E-state index is 14.3. The van der Waals surface area contributed by atoms with Gasteiger partial charge in [0.25, 0.3) is 5.91 Å². The molecule has 2 heterocycles. The number of rotatable bonds is 7. The molecule has 1 aliphatic heterocycles. The molecule has 0 N–H and O–H groups in total. The van der Waals surface area contributed by atoms with E-state index in [-0.39, 0.29) is 12.0 Å². The zero-order valence-electron chi connectivity index (χ0n) is 19.0. The third kappa shape index (κ3) is 4.19. The number of benzene rings is 3. The van der Waals surface area contributed by atoms with Crippen molar-refractivity contribution in [1.82, 2.24) is 4.98 Å². The highest BCUT2D eigenvalue weighted by Gasteiger charge is 2.30. The molecule has 5 rings (SSSR count). The predicted molar refractivity (Wildman–Crippen MR) is 137 cm³/mol. The molecule has 4 aromatic rings. The second kappa shape index (κ2) is 9.78. The van der Waals surface area contributed by atoms with E-state index in [0.29, 0.717) is 52.5 Å². The first-order chi connectivity index (χ1) is 16.6. The first kappa shape index (κ1) is 22.9. The number of nitrogens with zero attached hydrogens (tertiary/aromatic N) is 2. The lowest BCUT2D eigenvalue weighted by molar-refractivity contribution is 0.0916. The van der Waals surface area contributed by atoms with E-state index in [1.165, 1.54) is 11.3 Å². The van der Waals surface area contributed by atoms with Gasteiger partial charge in [-0.15, -0.1) is 0 Å². The highest BCUT2D eigenvalue weighted by molar-refractivity contribution is 7.23. The molecule has 0 spiro atoms. The lowest BCUT2D eigenvalue weighted by Crippen LogP contribution is -2.37. The number of hydrogen-bond acceptors (Lipinski definition) is 6. The van der Waals surface area contributed by atoms with Crippen LogP contribution in [0, 0.1) is 0 Å². The van der Waals surface area contributed by atoms with Crippen LogP contribution in [0.3, 0.4) is 0 Å². The third-order valence-corrected chi connectivity index (χ3v) is 7.50. The maximum Gasteiger partial charge on any atom is 0.264 e. The van der Waals surface area contributed by atoms with Gasteiger partial charge < -0.3 is 14.2 Å². The molecule has 6 nitrogen and oxygen atoms in total. The molecule has 34 heavy (non-hydrogen) atoms. The third-order valence-electron chi connectivity index (χ3n) is 5.96. The standard InChI is InChI=1S/C26H25ClN2O4S/c1-3-32-20-12-10-16-7-4-5-9-18(16)22(20)25(30)29(15-17-8-6-14-33-17)26-28-23-21(31-2)13-11-19(27)24(23)34-26/h4-5,7,9-13,17H,3,6,8,14-15H2,1-2H3. The summed E-state index contributed by atoms with van der Waals surface area (Å²) in [6, 6.07) is 15.3. The quantitative estimate of drug-likeness (QED) is 0.299. The Morgan fingerprint density at radius 2 is 2.03 bits per heavy atom. The summed E-state index contributed by atoms with van der Waals surface area (Å²) in [6.45, 7) is 3.46.